The van der Waals surface area contributed by atoms with Crippen molar-refractivity contribution in [3.63, 3.8) is 0 Å². The molecule has 1 aliphatic heterocycles. The van der Waals surface area contributed by atoms with E-state index >= 15 is 0 Å². The maximum atomic E-state index is 13.3. The largest absolute Gasteiger partial charge is 0.385 e. The molecule has 0 amide bonds. The molecule has 1 aromatic rings. The number of benzene rings is 1. The van der Waals surface area contributed by atoms with Crippen LogP contribution < -0.4 is 4.90 Å². The molecule has 0 aromatic heterocycles. The van der Waals surface area contributed by atoms with Gasteiger partial charge in [0, 0.05) is 24.3 Å². The third-order valence-corrected chi connectivity index (χ3v) is 3.63. The Morgan fingerprint density at radius 3 is 2.50 bits per heavy atom. The van der Waals surface area contributed by atoms with Crippen LogP contribution in [0.5, 0.6) is 0 Å². The molecule has 1 N–H and O–H groups in total. The van der Waals surface area contributed by atoms with E-state index in [9.17, 15) is 9.50 Å². The first kappa shape index (κ1) is 10.1. The summed E-state index contributed by atoms with van der Waals surface area (Å²) < 4.78 is 13.3. The Morgan fingerprint density at radius 2 is 1.88 bits per heavy atom. The quantitative estimate of drug-likeness (QED) is 0.829. The van der Waals surface area contributed by atoms with Gasteiger partial charge in [-0.05, 0) is 43.9 Å². The summed E-state index contributed by atoms with van der Waals surface area (Å²) in [5.74, 6) is -0.252. The molecule has 1 saturated heterocycles. The molecule has 0 bridgehead atoms. The number of hydrogen-bond acceptors (Lipinski definition) is 2. The van der Waals surface area contributed by atoms with E-state index in [-0.39, 0.29) is 5.82 Å². The molecule has 3 heteroatoms. The average molecular weight is 221 g/mol. The lowest BCUT2D eigenvalue weighted by Crippen LogP contribution is -2.22. The first-order chi connectivity index (χ1) is 7.69. The minimum Gasteiger partial charge on any atom is -0.385 e. The van der Waals surface area contributed by atoms with Crippen molar-refractivity contribution in [2.45, 2.75) is 31.3 Å². The molecule has 1 heterocycles. The van der Waals surface area contributed by atoms with E-state index in [1.807, 2.05) is 6.07 Å². The maximum Gasteiger partial charge on any atom is 0.123 e. The number of nitrogens with zero attached hydrogens (tertiary/aromatic N) is 1. The monoisotopic (exact) mass is 221 g/mol. The zero-order valence-electron chi connectivity index (χ0n) is 9.25. The van der Waals surface area contributed by atoms with Gasteiger partial charge >= 0.3 is 0 Å². The molecular weight excluding hydrogens is 205 g/mol. The van der Waals surface area contributed by atoms with Gasteiger partial charge in [0.1, 0.15) is 5.82 Å². The molecule has 16 heavy (non-hydrogen) atoms. The van der Waals surface area contributed by atoms with Crippen LogP contribution in [-0.4, -0.2) is 18.2 Å². The standard InChI is InChI=1S/C13H16FNO/c14-10-3-4-12(15-7-1-2-8-15)11(9-10)13(16)5-6-13/h3-4,9,16H,1-2,5-8H2. The Morgan fingerprint density at radius 1 is 1.19 bits per heavy atom. The van der Waals surface area contributed by atoms with Crippen LogP contribution in [0.2, 0.25) is 0 Å². The lowest BCUT2D eigenvalue weighted by molar-refractivity contribution is 0.151. The Hall–Kier alpha value is -1.09. The molecule has 1 saturated carbocycles. The fraction of sp³-hybridized carbons (Fsp3) is 0.538. The lowest BCUT2D eigenvalue weighted by Gasteiger charge is -2.23. The van der Waals surface area contributed by atoms with Crippen molar-refractivity contribution in [1.29, 1.82) is 0 Å². The average Bonchev–Trinajstić information content (AvgIpc) is 2.82. The summed E-state index contributed by atoms with van der Waals surface area (Å²) in [7, 11) is 0. The van der Waals surface area contributed by atoms with Crippen molar-refractivity contribution < 1.29 is 9.50 Å². The van der Waals surface area contributed by atoms with Gasteiger partial charge in [-0.15, -0.1) is 0 Å². The molecule has 0 spiro atoms. The van der Waals surface area contributed by atoms with Gasteiger partial charge in [0.05, 0.1) is 5.60 Å². The predicted molar refractivity (Wildman–Crippen MR) is 61.0 cm³/mol. The molecule has 0 radical (unpaired) electrons. The number of halogens is 1. The van der Waals surface area contributed by atoms with E-state index in [0.717, 1.165) is 37.2 Å². The molecule has 0 atom stereocenters. The van der Waals surface area contributed by atoms with Gasteiger partial charge in [-0.3, -0.25) is 0 Å². The highest BCUT2D eigenvalue weighted by molar-refractivity contribution is 5.58. The first-order valence-electron chi connectivity index (χ1n) is 5.96. The summed E-state index contributed by atoms with van der Waals surface area (Å²) in [6.07, 6.45) is 3.90. The molecule has 2 nitrogen and oxygen atoms in total. The van der Waals surface area contributed by atoms with Crippen molar-refractivity contribution in [2.24, 2.45) is 0 Å². The molecule has 2 aliphatic rings. The predicted octanol–water partition coefficient (Wildman–Crippen LogP) is 2.41. The smallest absolute Gasteiger partial charge is 0.123 e. The minimum absolute atomic E-state index is 0.252. The van der Waals surface area contributed by atoms with E-state index < -0.39 is 5.60 Å². The summed E-state index contributed by atoms with van der Waals surface area (Å²) in [6.45, 7) is 2.05. The van der Waals surface area contributed by atoms with Gasteiger partial charge in [0.2, 0.25) is 0 Å². The van der Waals surface area contributed by atoms with Crippen LogP contribution in [0.3, 0.4) is 0 Å². The van der Waals surface area contributed by atoms with Crippen LogP contribution in [0, 0.1) is 5.82 Å². The number of hydrogen-bond donors (Lipinski definition) is 1. The zero-order valence-corrected chi connectivity index (χ0v) is 9.25. The maximum absolute atomic E-state index is 13.3. The summed E-state index contributed by atoms with van der Waals surface area (Å²) in [4.78, 5) is 2.26. The van der Waals surface area contributed by atoms with Crippen LogP contribution in [0.15, 0.2) is 18.2 Å². The Bertz CT molecular complexity index is 408. The topological polar surface area (TPSA) is 23.5 Å². The summed E-state index contributed by atoms with van der Waals surface area (Å²) in [5, 5.41) is 10.2. The number of aliphatic hydroxyl groups is 1. The van der Waals surface area contributed by atoms with Gasteiger partial charge in [0.15, 0.2) is 0 Å². The fourth-order valence-electron chi connectivity index (χ4n) is 2.50. The third kappa shape index (κ3) is 1.59. The van der Waals surface area contributed by atoms with Crippen LogP contribution in [0.4, 0.5) is 10.1 Å². The van der Waals surface area contributed by atoms with Crippen molar-refractivity contribution >= 4 is 5.69 Å². The molecule has 1 aliphatic carbocycles. The molecule has 0 unspecified atom stereocenters. The molecule has 1 aromatic carbocycles. The third-order valence-electron chi connectivity index (χ3n) is 3.63. The second kappa shape index (κ2) is 3.45. The van der Waals surface area contributed by atoms with E-state index in [1.54, 1.807) is 0 Å². The van der Waals surface area contributed by atoms with E-state index in [0.29, 0.717) is 0 Å². The highest BCUT2D eigenvalue weighted by Crippen LogP contribution is 2.49. The number of rotatable bonds is 2. The lowest BCUT2D eigenvalue weighted by atomic mass is 10.0. The summed E-state index contributed by atoms with van der Waals surface area (Å²) >= 11 is 0. The zero-order chi connectivity index (χ0) is 11.2. The first-order valence-corrected chi connectivity index (χ1v) is 5.96. The van der Waals surface area contributed by atoms with E-state index in [2.05, 4.69) is 4.90 Å². The van der Waals surface area contributed by atoms with Crippen LogP contribution >= 0.6 is 0 Å². The number of anilines is 1. The highest BCUT2D eigenvalue weighted by atomic mass is 19.1. The van der Waals surface area contributed by atoms with Gasteiger partial charge in [-0.1, -0.05) is 0 Å². The molecule has 3 rings (SSSR count). The van der Waals surface area contributed by atoms with Gasteiger partial charge in [-0.25, -0.2) is 4.39 Å². The molecular formula is C13H16FNO. The van der Waals surface area contributed by atoms with Crippen molar-refractivity contribution in [2.75, 3.05) is 18.0 Å². The summed E-state index contributed by atoms with van der Waals surface area (Å²) in [5.41, 5.74) is 1.06. The Balaban J connectivity index is 2.02. The van der Waals surface area contributed by atoms with Gasteiger partial charge in [0.25, 0.3) is 0 Å². The van der Waals surface area contributed by atoms with E-state index in [4.69, 9.17) is 0 Å². The van der Waals surface area contributed by atoms with E-state index in [1.165, 1.54) is 25.0 Å². The highest BCUT2D eigenvalue weighted by Gasteiger charge is 2.44. The van der Waals surface area contributed by atoms with Crippen LogP contribution in [0.25, 0.3) is 0 Å². The Labute approximate surface area is 94.7 Å². The molecule has 2 fully saturated rings. The van der Waals surface area contributed by atoms with Crippen molar-refractivity contribution in [1.82, 2.24) is 0 Å². The second-order valence-electron chi connectivity index (χ2n) is 4.89. The Kier molecular flexibility index (Phi) is 2.18. The van der Waals surface area contributed by atoms with Gasteiger partial charge < -0.3 is 10.0 Å². The van der Waals surface area contributed by atoms with Crippen molar-refractivity contribution in [3.05, 3.63) is 29.6 Å². The SMILES string of the molecule is OC1(c2cc(F)ccc2N2CCCC2)CC1. The summed E-state index contributed by atoms with van der Waals surface area (Å²) in [6, 6.07) is 4.80. The van der Waals surface area contributed by atoms with Crippen LogP contribution in [-0.2, 0) is 5.60 Å². The molecule has 86 valence electrons. The normalized spacial score (nSPS) is 22.5. The van der Waals surface area contributed by atoms with Crippen LogP contribution in [0.1, 0.15) is 31.2 Å². The van der Waals surface area contributed by atoms with Crippen molar-refractivity contribution in [3.8, 4) is 0 Å². The minimum atomic E-state index is -0.750. The fourth-order valence-corrected chi connectivity index (χ4v) is 2.50. The second-order valence-corrected chi connectivity index (χ2v) is 4.89. The van der Waals surface area contributed by atoms with Gasteiger partial charge in [-0.2, -0.15) is 0 Å².